The summed E-state index contributed by atoms with van der Waals surface area (Å²) < 4.78 is 1.19. The zero-order valence-electron chi connectivity index (χ0n) is 5.19. The molecule has 0 saturated heterocycles. The summed E-state index contributed by atoms with van der Waals surface area (Å²) in [7, 11) is 0. The van der Waals surface area contributed by atoms with Crippen molar-refractivity contribution in [3.63, 3.8) is 0 Å². The number of hydrogen-bond donors (Lipinski definition) is 1. The second kappa shape index (κ2) is 2.56. The smallest absolute Gasteiger partial charge is 0.0354 e. The highest BCUT2D eigenvalue weighted by molar-refractivity contribution is 14.1. The molecule has 48 valence electrons. The summed E-state index contributed by atoms with van der Waals surface area (Å²) in [5.74, 6) is 0. The molecule has 0 aliphatic carbocycles. The van der Waals surface area contributed by atoms with Crippen LogP contribution >= 0.6 is 22.6 Å². The molecule has 0 atom stereocenters. The molecular weight excluding hydrogens is 225 g/mol. The summed E-state index contributed by atoms with van der Waals surface area (Å²) in [4.78, 5) is 0. The summed E-state index contributed by atoms with van der Waals surface area (Å²) >= 11 is 2.24. The Labute approximate surface area is 68.4 Å². The molecule has 2 heteroatoms. The van der Waals surface area contributed by atoms with E-state index in [1.807, 2.05) is 25.1 Å². The molecule has 0 amide bonds. The van der Waals surface area contributed by atoms with Gasteiger partial charge in [0, 0.05) is 9.26 Å². The number of rotatable bonds is 0. The van der Waals surface area contributed by atoms with E-state index in [1.165, 1.54) is 3.57 Å². The minimum Gasteiger partial charge on any atom is -0.398 e. The highest BCUT2D eigenvalue weighted by Crippen LogP contribution is 2.13. The molecule has 0 heterocycles. The highest BCUT2D eigenvalue weighted by Gasteiger charge is 1.90. The Morgan fingerprint density at radius 3 is 2.56 bits per heavy atom. The van der Waals surface area contributed by atoms with Crippen LogP contribution in [0.4, 0.5) is 5.69 Å². The van der Waals surface area contributed by atoms with E-state index in [1.54, 1.807) is 0 Å². The van der Waals surface area contributed by atoms with Gasteiger partial charge in [-0.05, 0) is 47.2 Å². The van der Waals surface area contributed by atoms with Crippen molar-refractivity contribution in [3.8, 4) is 0 Å². The summed E-state index contributed by atoms with van der Waals surface area (Å²) in [5.41, 5.74) is 7.64. The van der Waals surface area contributed by atoms with Gasteiger partial charge < -0.3 is 5.73 Å². The third kappa shape index (κ3) is 1.58. The average molecular weight is 233 g/mol. The molecule has 2 N–H and O–H groups in total. The average Bonchev–Trinajstić information content (AvgIpc) is 1.80. The second-order valence-electron chi connectivity index (χ2n) is 2.00. The fraction of sp³-hybridized carbons (Fsp3) is 0.143. The van der Waals surface area contributed by atoms with Crippen molar-refractivity contribution in [1.29, 1.82) is 0 Å². The first-order chi connectivity index (χ1) is 4.20. The van der Waals surface area contributed by atoms with Gasteiger partial charge in [0.2, 0.25) is 0 Å². The van der Waals surface area contributed by atoms with Crippen LogP contribution in [-0.4, -0.2) is 0 Å². The number of halogens is 1. The first-order valence-electron chi connectivity index (χ1n) is 2.72. The Hall–Kier alpha value is -0.250. The largest absolute Gasteiger partial charge is 0.398 e. The number of nitrogen functional groups attached to an aromatic ring is 1. The number of benzene rings is 1. The van der Waals surface area contributed by atoms with Crippen molar-refractivity contribution in [2.45, 2.75) is 6.92 Å². The van der Waals surface area contributed by atoms with Gasteiger partial charge in [-0.2, -0.15) is 0 Å². The lowest BCUT2D eigenvalue weighted by molar-refractivity contribution is 1.46. The van der Waals surface area contributed by atoms with Gasteiger partial charge in [0.05, 0.1) is 0 Å². The number of hydrogen-bond acceptors (Lipinski definition) is 1. The van der Waals surface area contributed by atoms with Crippen LogP contribution in [0.15, 0.2) is 18.2 Å². The molecular formula is C7H8IN. The van der Waals surface area contributed by atoms with E-state index in [9.17, 15) is 0 Å². The van der Waals surface area contributed by atoms with E-state index in [2.05, 4.69) is 22.6 Å². The molecule has 0 spiro atoms. The minimum atomic E-state index is 0.877. The summed E-state index contributed by atoms with van der Waals surface area (Å²) in [5, 5.41) is 0. The van der Waals surface area contributed by atoms with E-state index in [4.69, 9.17) is 5.73 Å². The molecule has 9 heavy (non-hydrogen) atoms. The van der Waals surface area contributed by atoms with Crippen molar-refractivity contribution in [2.75, 3.05) is 5.73 Å². The lowest BCUT2D eigenvalue weighted by Crippen LogP contribution is -1.88. The molecule has 0 saturated carbocycles. The lowest BCUT2D eigenvalue weighted by Gasteiger charge is -1.97. The zero-order chi connectivity index (χ0) is 6.85. The van der Waals surface area contributed by atoms with Crippen molar-refractivity contribution < 1.29 is 0 Å². The van der Waals surface area contributed by atoms with Crippen LogP contribution in [0.25, 0.3) is 0 Å². The first-order valence-corrected chi connectivity index (χ1v) is 3.79. The van der Waals surface area contributed by atoms with E-state index in [-0.39, 0.29) is 0 Å². The highest BCUT2D eigenvalue weighted by atomic mass is 127. The van der Waals surface area contributed by atoms with Crippen molar-refractivity contribution in [1.82, 2.24) is 0 Å². The number of nitrogens with two attached hydrogens (primary N) is 1. The van der Waals surface area contributed by atoms with E-state index < -0.39 is 0 Å². The zero-order valence-corrected chi connectivity index (χ0v) is 7.34. The maximum absolute atomic E-state index is 5.62. The van der Waals surface area contributed by atoms with Gasteiger partial charge in [-0.25, -0.2) is 0 Å². The third-order valence-corrected chi connectivity index (χ3v) is 1.91. The molecule has 0 aliphatic heterocycles. The number of aryl methyl sites for hydroxylation is 1. The fourth-order valence-corrected chi connectivity index (χ4v) is 1.13. The maximum atomic E-state index is 5.62. The summed E-state index contributed by atoms with van der Waals surface area (Å²) in [6, 6.07) is 6.04. The Balaban J connectivity index is 3.17. The maximum Gasteiger partial charge on any atom is 0.0354 e. The Morgan fingerprint density at radius 2 is 2.11 bits per heavy atom. The van der Waals surface area contributed by atoms with E-state index >= 15 is 0 Å². The molecule has 0 aromatic heterocycles. The Kier molecular flexibility index (Phi) is 1.95. The third-order valence-electron chi connectivity index (χ3n) is 1.24. The van der Waals surface area contributed by atoms with E-state index in [0.29, 0.717) is 0 Å². The van der Waals surface area contributed by atoms with Crippen molar-refractivity contribution in [3.05, 3.63) is 27.3 Å². The van der Waals surface area contributed by atoms with Crippen LogP contribution in [0.2, 0.25) is 0 Å². The predicted octanol–water partition coefficient (Wildman–Crippen LogP) is 2.18. The standard InChI is InChI=1S/C7H8IN/c1-5-2-3-6(8)4-7(5)9/h2-4H,9H2,1H3. The Morgan fingerprint density at radius 1 is 1.44 bits per heavy atom. The molecule has 0 fully saturated rings. The molecule has 1 aromatic carbocycles. The van der Waals surface area contributed by atoms with Crippen molar-refractivity contribution >= 4 is 28.3 Å². The van der Waals surface area contributed by atoms with Crippen LogP contribution < -0.4 is 5.73 Å². The van der Waals surface area contributed by atoms with Crippen molar-refractivity contribution in [2.24, 2.45) is 0 Å². The number of anilines is 1. The quantitative estimate of drug-likeness (QED) is 0.539. The van der Waals surface area contributed by atoms with Crippen LogP contribution in [0.5, 0.6) is 0 Å². The monoisotopic (exact) mass is 233 g/mol. The van der Waals surface area contributed by atoms with Crippen LogP contribution in [0.1, 0.15) is 5.56 Å². The van der Waals surface area contributed by atoms with Gasteiger partial charge in [0.1, 0.15) is 0 Å². The molecule has 0 unspecified atom stereocenters. The lowest BCUT2D eigenvalue weighted by atomic mass is 10.2. The normalized spacial score (nSPS) is 9.56. The molecule has 1 nitrogen and oxygen atoms in total. The van der Waals surface area contributed by atoms with Gasteiger partial charge >= 0.3 is 0 Å². The van der Waals surface area contributed by atoms with Crippen LogP contribution in [-0.2, 0) is 0 Å². The SMILES string of the molecule is Cc1ccc(I)cc1N. The molecule has 1 aromatic rings. The van der Waals surface area contributed by atoms with Gasteiger partial charge in [-0.3, -0.25) is 0 Å². The Bertz CT molecular complexity index is 220. The fourth-order valence-electron chi connectivity index (χ4n) is 0.611. The molecule has 0 radical (unpaired) electrons. The predicted molar refractivity (Wildman–Crippen MR) is 48.3 cm³/mol. The van der Waals surface area contributed by atoms with Crippen LogP contribution in [0, 0.1) is 10.5 Å². The summed E-state index contributed by atoms with van der Waals surface area (Å²) in [6.07, 6.45) is 0. The second-order valence-corrected chi connectivity index (χ2v) is 3.25. The molecule has 0 aliphatic rings. The van der Waals surface area contributed by atoms with Gasteiger partial charge in [0.15, 0.2) is 0 Å². The van der Waals surface area contributed by atoms with Gasteiger partial charge in [-0.1, -0.05) is 6.07 Å². The topological polar surface area (TPSA) is 26.0 Å². The van der Waals surface area contributed by atoms with Gasteiger partial charge in [0.25, 0.3) is 0 Å². The molecule has 0 bridgehead atoms. The van der Waals surface area contributed by atoms with Crippen LogP contribution in [0.3, 0.4) is 0 Å². The van der Waals surface area contributed by atoms with Gasteiger partial charge in [-0.15, -0.1) is 0 Å². The first kappa shape index (κ1) is 6.86. The van der Waals surface area contributed by atoms with E-state index in [0.717, 1.165) is 11.3 Å². The minimum absolute atomic E-state index is 0.877. The molecule has 1 rings (SSSR count). The summed E-state index contributed by atoms with van der Waals surface area (Å²) in [6.45, 7) is 2.01.